The zero-order chi connectivity index (χ0) is 15.8. The van der Waals surface area contributed by atoms with Crippen LogP contribution in [0.2, 0.25) is 0 Å². The van der Waals surface area contributed by atoms with Gasteiger partial charge in [0.2, 0.25) is 0 Å². The van der Waals surface area contributed by atoms with E-state index in [0.29, 0.717) is 6.42 Å². The third kappa shape index (κ3) is 3.44. The van der Waals surface area contributed by atoms with Crippen LogP contribution >= 0.6 is 0 Å². The van der Waals surface area contributed by atoms with E-state index in [9.17, 15) is 13.2 Å². The minimum absolute atomic E-state index is 0.0174. The van der Waals surface area contributed by atoms with E-state index in [1.165, 1.54) is 25.1 Å². The Labute approximate surface area is 124 Å². The van der Waals surface area contributed by atoms with Gasteiger partial charge in [0.05, 0.1) is 27.9 Å². The van der Waals surface area contributed by atoms with Crippen LogP contribution in [0.1, 0.15) is 42.6 Å². The van der Waals surface area contributed by atoms with E-state index >= 15 is 0 Å². The van der Waals surface area contributed by atoms with Gasteiger partial charge in [-0.2, -0.15) is 0 Å². The lowest BCUT2D eigenvalue weighted by Gasteiger charge is -2.19. The topological polar surface area (TPSA) is 80.7 Å². The molecule has 21 heavy (non-hydrogen) atoms. The summed E-state index contributed by atoms with van der Waals surface area (Å²) in [5, 5.41) is 9.09. The van der Waals surface area contributed by atoms with Crippen molar-refractivity contribution in [1.82, 2.24) is 0 Å². The number of hydrogen-bond donors (Lipinski definition) is 1. The van der Waals surface area contributed by atoms with E-state index in [1.54, 1.807) is 0 Å². The summed E-state index contributed by atoms with van der Waals surface area (Å²) in [6, 6.07) is 4.33. The SMILES string of the molecule is Cc1c(C(=O)O)cccc1S(=O)(=O)CC1CCC(C)(C)O1. The van der Waals surface area contributed by atoms with Gasteiger partial charge >= 0.3 is 5.97 Å². The summed E-state index contributed by atoms with van der Waals surface area (Å²) in [4.78, 5) is 11.2. The van der Waals surface area contributed by atoms with Gasteiger partial charge in [-0.25, -0.2) is 13.2 Å². The molecule has 5 nitrogen and oxygen atoms in total. The molecule has 0 amide bonds. The highest BCUT2D eigenvalue weighted by Gasteiger charge is 2.35. The monoisotopic (exact) mass is 312 g/mol. The third-order valence-electron chi connectivity index (χ3n) is 3.81. The molecule has 1 aliphatic rings. The summed E-state index contributed by atoms with van der Waals surface area (Å²) >= 11 is 0. The number of hydrogen-bond acceptors (Lipinski definition) is 4. The largest absolute Gasteiger partial charge is 0.478 e. The molecule has 0 spiro atoms. The third-order valence-corrected chi connectivity index (χ3v) is 5.73. The molecule has 1 aromatic carbocycles. The van der Waals surface area contributed by atoms with Gasteiger partial charge < -0.3 is 9.84 Å². The first-order valence-electron chi connectivity index (χ1n) is 6.86. The predicted molar refractivity (Wildman–Crippen MR) is 78.4 cm³/mol. The Bertz CT molecular complexity index is 661. The van der Waals surface area contributed by atoms with Crippen molar-refractivity contribution in [1.29, 1.82) is 0 Å². The van der Waals surface area contributed by atoms with Gasteiger partial charge in [-0.05, 0) is 51.3 Å². The standard InChI is InChI=1S/C15H20O5S/c1-10-12(14(16)17)5-4-6-13(10)21(18,19)9-11-7-8-15(2,3)20-11/h4-6,11H,7-9H2,1-3H3,(H,16,17). The van der Waals surface area contributed by atoms with E-state index in [1.807, 2.05) is 13.8 Å². The van der Waals surface area contributed by atoms with Crippen molar-refractivity contribution in [2.75, 3.05) is 5.75 Å². The normalized spacial score (nSPS) is 21.4. The minimum atomic E-state index is -3.57. The van der Waals surface area contributed by atoms with Crippen LogP contribution in [-0.4, -0.2) is 37.0 Å². The Morgan fingerprint density at radius 1 is 1.43 bits per heavy atom. The molecule has 1 unspecified atom stereocenters. The molecule has 1 heterocycles. The quantitative estimate of drug-likeness (QED) is 0.923. The van der Waals surface area contributed by atoms with Crippen molar-refractivity contribution >= 4 is 15.8 Å². The summed E-state index contributed by atoms with van der Waals surface area (Å²) in [5.41, 5.74) is 0.00372. The molecule has 1 N–H and O–H groups in total. The molecule has 0 aliphatic carbocycles. The Balaban J connectivity index is 2.29. The van der Waals surface area contributed by atoms with Gasteiger partial charge in [0.25, 0.3) is 0 Å². The molecule has 116 valence electrons. The van der Waals surface area contributed by atoms with E-state index in [4.69, 9.17) is 9.84 Å². The maximum absolute atomic E-state index is 12.5. The lowest BCUT2D eigenvalue weighted by atomic mass is 10.1. The number of carboxylic acids is 1. The Morgan fingerprint density at radius 3 is 2.62 bits per heavy atom. The van der Waals surface area contributed by atoms with Crippen LogP contribution < -0.4 is 0 Å². The molecule has 6 heteroatoms. The molecule has 1 fully saturated rings. The first kappa shape index (κ1) is 16.0. The molecule has 1 saturated heterocycles. The number of ether oxygens (including phenoxy) is 1. The average Bonchev–Trinajstić information content (AvgIpc) is 2.67. The number of benzene rings is 1. The van der Waals surface area contributed by atoms with Gasteiger partial charge in [0, 0.05) is 0 Å². The van der Waals surface area contributed by atoms with Crippen molar-refractivity contribution in [2.45, 2.75) is 50.2 Å². The second-order valence-corrected chi connectivity index (χ2v) is 8.06. The smallest absolute Gasteiger partial charge is 0.335 e. The van der Waals surface area contributed by atoms with Crippen LogP contribution in [-0.2, 0) is 14.6 Å². The molecule has 1 aromatic rings. The molecule has 0 radical (unpaired) electrons. The summed E-state index contributed by atoms with van der Waals surface area (Å²) < 4.78 is 30.8. The van der Waals surface area contributed by atoms with Crippen molar-refractivity contribution < 1.29 is 23.1 Å². The van der Waals surface area contributed by atoms with E-state index < -0.39 is 15.8 Å². The van der Waals surface area contributed by atoms with Crippen molar-refractivity contribution in [3.8, 4) is 0 Å². The van der Waals surface area contributed by atoms with Gasteiger partial charge in [-0.1, -0.05) is 6.07 Å². The van der Waals surface area contributed by atoms with Crippen LogP contribution in [0.3, 0.4) is 0 Å². The number of carbonyl (C=O) groups is 1. The zero-order valence-electron chi connectivity index (χ0n) is 12.4. The number of aromatic carboxylic acids is 1. The molecular formula is C15H20O5S. The molecule has 2 rings (SSSR count). The highest BCUT2D eigenvalue weighted by atomic mass is 32.2. The lowest BCUT2D eigenvalue weighted by molar-refractivity contribution is -0.00528. The van der Waals surface area contributed by atoms with Crippen molar-refractivity contribution in [3.63, 3.8) is 0 Å². The van der Waals surface area contributed by atoms with Gasteiger partial charge in [-0.3, -0.25) is 0 Å². The first-order chi connectivity index (χ1) is 9.62. The van der Waals surface area contributed by atoms with E-state index in [2.05, 4.69) is 0 Å². The Kier molecular flexibility index (Phi) is 4.13. The van der Waals surface area contributed by atoms with E-state index in [-0.39, 0.29) is 33.5 Å². The van der Waals surface area contributed by atoms with Crippen molar-refractivity contribution in [2.24, 2.45) is 0 Å². The highest BCUT2D eigenvalue weighted by molar-refractivity contribution is 7.91. The molecule has 0 bridgehead atoms. The highest BCUT2D eigenvalue weighted by Crippen LogP contribution is 2.31. The summed E-state index contributed by atoms with van der Waals surface area (Å²) in [6.07, 6.45) is 1.18. The molecule has 1 atom stereocenters. The lowest BCUT2D eigenvalue weighted by Crippen LogP contribution is -2.26. The maximum atomic E-state index is 12.5. The zero-order valence-corrected chi connectivity index (χ0v) is 13.2. The molecule has 0 saturated carbocycles. The summed E-state index contributed by atoms with van der Waals surface area (Å²) in [7, 11) is -3.57. The summed E-state index contributed by atoms with van der Waals surface area (Å²) in [5.74, 6) is -1.23. The first-order valence-corrected chi connectivity index (χ1v) is 8.51. The van der Waals surface area contributed by atoms with Gasteiger partial charge in [-0.15, -0.1) is 0 Å². The van der Waals surface area contributed by atoms with Crippen LogP contribution in [0.15, 0.2) is 23.1 Å². The Hall–Kier alpha value is -1.40. The van der Waals surface area contributed by atoms with E-state index in [0.717, 1.165) is 6.42 Å². The summed E-state index contributed by atoms with van der Waals surface area (Å²) in [6.45, 7) is 5.40. The van der Waals surface area contributed by atoms with Crippen molar-refractivity contribution in [3.05, 3.63) is 29.3 Å². The second kappa shape index (κ2) is 5.42. The number of rotatable bonds is 4. The predicted octanol–water partition coefficient (Wildman–Crippen LogP) is 2.42. The second-order valence-electron chi connectivity index (χ2n) is 6.05. The van der Waals surface area contributed by atoms with Gasteiger partial charge in [0.15, 0.2) is 9.84 Å². The molecular weight excluding hydrogens is 292 g/mol. The fourth-order valence-corrected chi connectivity index (χ4v) is 4.48. The molecule has 0 aromatic heterocycles. The fourth-order valence-electron chi connectivity index (χ4n) is 2.71. The maximum Gasteiger partial charge on any atom is 0.335 e. The fraction of sp³-hybridized carbons (Fsp3) is 0.533. The van der Waals surface area contributed by atoms with Crippen LogP contribution in [0.25, 0.3) is 0 Å². The van der Waals surface area contributed by atoms with Crippen LogP contribution in [0, 0.1) is 6.92 Å². The van der Waals surface area contributed by atoms with Crippen LogP contribution in [0.4, 0.5) is 0 Å². The van der Waals surface area contributed by atoms with Gasteiger partial charge in [0.1, 0.15) is 0 Å². The number of sulfone groups is 1. The Morgan fingerprint density at radius 2 is 2.10 bits per heavy atom. The average molecular weight is 312 g/mol. The number of carboxylic acid groups (broad SMARTS) is 1. The minimum Gasteiger partial charge on any atom is -0.478 e. The molecule has 1 aliphatic heterocycles. The van der Waals surface area contributed by atoms with Crippen LogP contribution in [0.5, 0.6) is 0 Å².